The van der Waals surface area contributed by atoms with E-state index in [4.69, 9.17) is 0 Å². The molecule has 3 nitrogen and oxygen atoms in total. The fraction of sp³-hybridized carbons (Fsp3) is 0.750. The van der Waals surface area contributed by atoms with Crippen LogP contribution in [0.2, 0.25) is 0 Å². The molecule has 0 amide bonds. The van der Waals surface area contributed by atoms with Crippen molar-refractivity contribution in [1.82, 2.24) is 10.2 Å². The highest BCUT2D eigenvalue weighted by Crippen LogP contribution is 2.29. The second kappa shape index (κ2) is 3.01. The molecule has 0 aliphatic carbocycles. The van der Waals surface area contributed by atoms with E-state index in [-0.39, 0.29) is 0 Å². The molecule has 0 N–H and O–H groups in total. The normalized spacial score (nSPS) is 29.7. The fourth-order valence-corrected chi connectivity index (χ4v) is 2.33. The van der Waals surface area contributed by atoms with Crippen molar-refractivity contribution in [2.75, 3.05) is 11.4 Å². The zero-order valence-corrected chi connectivity index (χ0v) is 8.21. The standard InChI is InChI=1S/C8H13N3S/c1-6-3-4-11(7(6)2)8-10-9-5-12-8/h5-7H,3-4H2,1-2H3. The zero-order chi connectivity index (χ0) is 8.55. The van der Waals surface area contributed by atoms with Gasteiger partial charge in [0.1, 0.15) is 5.51 Å². The summed E-state index contributed by atoms with van der Waals surface area (Å²) in [5.41, 5.74) is 1.80. The first-order valence-corrected chi connectivity index (χ1v) is 5.20. The van der Waals surface area contributed by atoms with Crippen molar-refractivity contribution in [3.8, 4) is 0 Å². The zero-order valence-electron chi connectivity index (χ0n) is 7.40. The van der Waals surface area contributed by atoms with Gasteiger partial charge in [-0.2, -0.15) is 0 Å². The minimum Gasteiger partial charge on any atom is -0.344 e. The van der Waals surface area contributed by atoms with Gasteiger partial charge in [0.05, 0.1) is 0 Å². The van der Waals surface area contributed by atoms with Crippen LogP contribution in [-0.2, 0) is 0 Å². The van der Waals surface area contributed by atoms with E-state index in [2.05, 4.69) is 28.9 Å². The minimum atomic E-state index is 0.623. The maximum atomic E-state index is 4.08. The monoisotopic (exact) mass is 183 g/mol. The Morgan fingerprint density at radius 2 is 2.42 bits per heavy atom. The highest BCUT2D eigenvalue weighted by Gasteiger charge is 2.28. The summed E-state index contributed by atoms with van der Waals surface area (Å²) >= 11 is 1.63. The molecule has 2 heterocycles. The van der Waals surface area contributed by atoms with E-state index in [9.17, 15) is 0 Å². The molecule has 66 valence electrons. The summed E-state index contributed by atoms with van der Waals surface area (Å²) in [6.07, 6.45) is 1.28. The molecule has 1 saturated heterocycles. The van der Waals surface area contributed by atoms with Gasteiger partial charge < -0.3 is 4.90 Å². The van der Waals surface area contributed by atoms with E-state index in [1.165, 1.54) is 6.42 Å². The Bertz CT molecular complexity index is 247. The van der Waals surface area contributed by atoms with Gasteiger partial charge in [0, 0.05) is 12.6 Å². The van der Waals surface area contributed by atoms with Crippen LogP contribution in [0.5, 0.6) is 0 Å². The third kappa shape index (κ3) is 1.20. The molecule has 2 unspecified atom stereocenters. The summed E-state index contributed by atoms with van der Waals surface area (Å²) in [6, 6.07) is 0.623. The number of hydrogen-bond donors (Lipinski definition) is 0. The third-order valence-corrected chi connectivity index (χ3v) is 3.46. The van der Waals surface area contributed by atoms with E-state index in [0.717, 1.165) is 17.6 Å². The van der Waals surface area contributed by atoms with Crippen molar-refractivity contribution in [2.24, 2.45) is 5.92 Å². The molecular weight excluding hydrogens is 170 g/mol. The largest absolute Gasteiger partial charge is 0.344 e. The van der Waals surface area contributed by atoms with Gasteiger partial charge in [-0.1, -0.05) is 18.3 Å². The first kappa shape index (κ1) is 7.98. The van der Waals surface area contributed by atoms with Crippen molar-refractivity contribution in [3.63, 3.8) is 0 Å². The lowest BCUT2D eigenvalue weighted by molar-refractivity contribution is 0.545. The Labute approximate surface area is 76.4 Å². The predicted molar refractivity (Wildman–Crippen MR) is 50.5 cm³/mol. The van der Waals surface area contributed by atoms with Gasteiger partial charge in [-0.25, -0.2) is 0 Å². The molecule has 0 bridgehead atoms. The average molecular weight is 183 g/mol. The van der Waals surface area contributed by atoms with Crippen molar-refractivity contribution >= 4 is 16.5 Å². The number of rotatable bonds is 1. The van der Waals surface area contributed by atoms with Crippen LogP contribution in [0, 0.1) is 5.92 Å². The van der Waals surface area contributed by atoms with Crippen molar-refractivity contribution in [3.05, 3.63) is 5.51 Å². The smallest absolute Gasteiger partial charge is 0.208 e. The fourth-order valence-electron chi connectivity index (χ4n) is 1.66. The van der Waals surface area contributed by atoms with Crippen LogP contribution >= 0.6 is 11.3 Å². The summed E-state index contributed by atoms with van der Waals surface area (Å²) < 4.78 is 0. The number of aromatic nitrogens is 2. The summed E-state index contributed by atoms with van der Waals surface area (Å²) in [6.45, 7) is 5.70. The highest BCUT2D eigenvalue weighted by molar-refractivity contribution is 7.13. The van der Waals surface area contributed by atoms with Gasteiger partial charge in [0.25, 0.3) is 0 Å². The van der Waals surface area contributed by atoms with Crippen molar-refractivity contribution in [2.45, 2.75) is 26.3 Å². The Balaban J connectivity index is 2.16. The first-order chi connectivity index (χ1) is 5.79. The molecule has 1 fully saturated rings. The lowest BCUT2D eigenvalue weighted by Gasteiger charge is -2.21. The van der Waals surface area contributed by atoms with Crippen LogP contribution in [0.4, 0.5) is 5.13 Å². The molecule has 0 spiro atoms. The third-order valence-electron chi connectivity index (χ3n) is 2.73. The Morgan fingerprint density at radius 1 is 1.58 bits per heavy atom. The Hall–Kier alpha value is -0.640. The van der Waals surface area contributed by atoms with E-state index in [1.54, 1.807) is 16.8 Å². The SMILES string of the molecule is CC1CCN(c2nncs2)C1C. The van der Waals surface area contributed by atoms with Crippen LogP contribution < -0.4 is 4.90 Å². The maximum Gasteiger partial charge on any atom is 0.208 e. The van der Waals surface area contributed by atoms with E-state index in [1.807, 2.05) is 0 Å². The maximum absolute atomic E-state index is 4.08. The lowest BCUT2D eigenvalue weighted by Crippen LogP contribution is -2.28. The molecule has 0 aromatic carbocycles. The Morgan fingerprint density at radius 3 is 2.92 bits per heavy atom. The van der Waals surface area contributed by atoms with Gasteiger partial charge in [-0.3, -0.25) is 0 Å². The minimum absolute atomic E-state index is 0.623. The van der Waals surface area contributed by atoms with Crippen LogP contribution in [0.15, 0.2) is 5.51 Å². The van der Waals surface area contributed by atoms with Gasteiger partial charge >= 0.3 is 0 Å². The molecule has 0 radical (unpaired) electrons. The van der Waals surface area contributed by atoms with E-state index < -0.39 is 0 Å². The molecule has 12 heavy (non-hydrogen) atoms. The summed E-state index contributed by atoms with van der Waals surface area (Å²) in [7, 11) is 0. The average Bonchev–Trinajstić information content (AvgIpc) is 2.64. The van der Waals surface area contributed by atoms with Crippen LogP contribution in [0.3, 0.4) is 0 Å². The van der Waals surface area contributed by atoms with E-state index >= 15 is 0 Å². The molecule has 1 aromatic rings. The molecule has 1 aliphatic heterocycles. The molecule has 0 saturated carbocycles. The summed E-state index contributed by atoms with van der Waals surface area (Å²) in [4.78, 5) is 2.35. The number of hydrogen-bond acceptors (Lipinski definition) is 4. The van der Waals surface area contributed by atoms with E-state index in [0.29, 0.717) is 6.04 Å². The molecule has 4 heteroatoms. The topological polar surface area (TPSA) is 29.0 Å². The van der Waals surface area contributed by atoms with Gasteiger partial charge in [-0.05, 0) is 19.3 Å². The highest BCUT2D eigenvalue weighted by atomic mass is 32.1. The summed E-state index contributed by atoms with van der Waals surface area (Å²) in [5.74, 6) is 0.786. The second-order valence-electron chi connectivity index (χ2n) is 3.42. The summed E-state index contributed by atoms with van der Waals surface area (Å²) in [5, 5.41) is 9.01. The predicted octanol–water partition coefficient (Wildman–Crippen LogP) is 1.77. The van der Waals surface area contributed by atoms with Crippen molar-refractivity contribution < 1.29 is 0 Å². The van der Waals surface area contributed by atoms with Crippen LogP contribution in [-0.4, -0.2) is 22.8 Å². The van der Waals surface area contributed by atoms with Crippen molar-refractivity contribution in [1.29, 1.82) is 0 Å². The molecular formula is C8H13N3S. The number of anilines is 1. The van der Waals surface area contributed by atoms with Crippen LogP contribution in [0.1, 0.15) is 20.3 Å². The van der Waals surface area contributed by atoms with Crippen LogP contribution in [0.25, 0.3) is 0 Å². The lowest BCUT2D eigenvalue weighted by atomic mass is 10.1. The van der Waals surface area contributed by atoms with Gasteiger partial charge in [0.15, 0.2) is 0 Å². The molecule has 2 atom stereocenters. The number of nitrogens with zero attached hydrogens (tertiary/aromatic N) is 3. The van der Waals surface area contributed by atoms with Gasteiger partial charge in [0.2, 0.25) is 5.13 Å². The molecule has 1 aliphatic rings. The second-order valence-corrected chi connectivity index (χ2v) is 4.23. The molecule has 2 rings (SSSR count). The quantitative estimate of drug-likeness (QED) is 0.664. The first-order valence-electron chi connectivity index (χ1n) is 4.32. The van der Waals surface area contributed by atoms with Gasteiger partial charge in [-0.15, -0.1) is 10.2 Å². The Kier molecular flexibility index (Phi) is 2.00. The molecule has 1 aromatic heterocycles.